The van der Waals surface area contributed by atoms with Crippen LogP contribution in [0.4, 0.5) is 26.3 Å². The number of carboxylic acids is 1. The van der Waals surface area contributed by atoms with Gasteiger partial charge in [0.1, 0.15) is 11.5 Å². The molecule has 0 aromatic heterocycles. The zero-order valence-corrected chi connectivity index (χ0v) is 14.4. The van der Waals surface area contributed by atoms with Crippen molar-refractivity contribution < 1.29 is 45.7 Å². The van der Waals surface area contributed by atoms with Gasteiger partial charge in [0.05, 0.1) is 5.92 Å². The monoisotopic (exact) mass is 403 g/mol. The maximum atomic E-state index is 12.6. The van der Waals surface area contributed by atoms with Crippen LogP contribution in [0.5, 0.6) is 11.5 Å². The van der Waals surface area contributed by atoms with Gasteiger partial charge >= 0.3 is 18.7 Å². The summed E-state index contributed by atoms with van der Waals surface area (Å²) in [6.45, 7) is 2.83. The lowest BCUT2D eigenvalue weighted by Crippen LogP contribution is -2.27. The number of hydrogen-bond donors (Lipinski definition) is 2. The summed E-state index contributed by atoms with van der Waals surface area (Å²) in [5.41, 5.74) is 5.18. The fourth-order valence-corrected chi connectivity index (χ4v) is 2.55. The van der Waals surface area contributed by atoms with Crippen molar-refractivity contribution in [2.45, 2.75) is 38.9 Å². The molecule has 5 nitrogen and oxygen atoms in total. The molecular formula is C16H19F6NO4. The van der Waals surface area contributed by atoms with Gasteiger partial charge in [-0.1, -0.05) is 13.8 Å². The van der Waals surface area contributed by atoms with Gasteiger partial charge < -0.3 is 20.3 Å². The minimum absolute atomic E-state index is 0.0167. The normalized spacial score (nSPS) is 15.7. The first-order valence-electron chi connectivity index (χ1n) is 7.81. The molecule has 0 heterocycles. The van der Waals surface area contributed by atoms with Gasteiger partial charge in [0, 0.05) is 12.1 Å². The highest BCUT2D eigenvalue weighted by molar-refractivity contribution is 5.70. The highest BCUT2D eigenvalue weighted by Crippen LogP contribution is 2.39. The minimum Gasteiger partial charge on any atom is -0.481 e. The van der Waals surface area contributed by atoms with Crippen LogP contribution < -0.4 is 15.2 Å². The van der Waals surface area contributed by atoms with E-state index in [2.05, 4.69) is 9.47 Å². The van der Waals surface area contributed by atoms with Crippen molar-refractivity contribution in [2.24, 2.45) is 17.6 Å². The first-order valence-corrected chi connectivity index (χ1v) is 7.81. The van der Waals surface area contributed by atoms with Crippen molar-refractivity contribution in [3.8, 4) is 11.5 Å². The Morgan fingerprint density at radius 2 is 1.67 bits per heavy atom. The molecule has 1 aromatic carbocycles. The summed E-state index contributed by atoms with van der Waals surface area (Å²) in [5, 5.41) is 9.06. The van der Waals surface area contributed by atoms with Crippen LogP contribution in [0.15, 0.2) is 18.2 Å². The number of ether oxygens (including phenoxy) is 2. The number of alkyl halides is 6. The molecule has 0 aliphatic carbocycles. The molecule has 0 saturated carbocycles. The largest absolute Gasteiger partial charge is 0.573 e. The molecule has 0 amide bonds. The molecule has 0 spiro atoms. The van der Waals surface area contributed by atoms with E-state index in [-0.39, 0.29) is 18.5 Å². The summed E-state index contributed by atoms with van der Waals surface area (Å²) in [5.74, 6) is -4.80. The van der Waals surface area contributed by atoms with Crippen LogP contribution >= 0.6 is 0 Å². The van der Waals surface area contributed by atoms with Crippen molar-refractivity contribution >= 4 is 5.97 Å². The maximum absolute atomic E-state index is 12.6. The van der Waals surface area contributed by atoms with E-state index in [0.29, 0.717) is 6.07 Å². The van der Waals surface area contributed by atoms with Gasteiger partial charge in [0.15, 0.2) is 0 Å². The van der Waals surface area contributed by atoms with E-state index < -0.39 is 47.9 Å². The van der Waals surface area contributed by atoms with Gasteiger partial charge in [-0.25, -0.2) is 0 Å². The third-order valence-electron chi connectivity index (χ3n) is 4.07. The van der Waals surface area contributed by atoms with Crippen LogP contribution in [0, 0.1) is 11.8 Å². The summed E-state index contributed by atoms with van der Waals surface area (Å²) in [6.07, 6.45) is -10.1. The Bertz CT molecular complexity index is 647. The maximum Gasteiger partial charge on any atom is 0.573 e. The zero-order valence-electron chi connectivity index (χ0n) is 14.4. The van der Waals surface area contributed by atoms with E-state index in [1.54, 1.807) is 6.92 Å². The summed E-state index contributed by atoms with van der Waals surface area (Å²) in [6, 6.07) is 2.23. The zero-order chi connectivity index (χ0) is 21.0. The van der Waals surface area contributed by atoms with Crippen LogP contribution in [-0.4, -0.2) is 30.3 Å². The second-order valence-corrected chi connectivity index (χ2v) is 6.07. The Balaban J connectivity index is 3.21. The van der Waals surface area contributed by atoms with Crippen LogP contribution in [0.2, 0.25) is 0 Å². The summed E-state index contributed by atoms with van der Waals surface area (Å²) >= 11 is 0. The Labute approximate surface area is 151 Å². The van der Waals surface area contributed by atoms with Gasteiger partial charge in [-0.15, -0.1) is 26.3 Å². The molecule has 0 radical (unpaired) electrons. The van der Waals surface area contributed by atoms with E-state index in [4.69, 9.17) is 10.8 Å². The first kappa shape index (κ1) is 22.9. The van der Waals surface area contributed by atoms with Crippen LogP contribution in [0.25, 0.3) is 0 Å². The molecule has 3 atom stereocenters. The molecule has 3 N–H and O–H groups in total. The lowest BCUT2D eigenvalue weighted by molar-refractivity contribution is -0.277. The molecule has 27 heavy (non-hydrogen) atoms. The molecule has 11 heteroatoms. The highest BCUT2D eigenvalue weighted by Gasteiger charge is 2.35. The second-order valence-electron chi connectivity index (χ2n) is 6.07. The smallest absolute Gasteiger partial charge is 0.481 e. The van der Waals surface area contributed by atoms with E-state index in [9.17, 15) is 31.1 Å². The van der Waals surface area contributed by atoms with Crippen molar-refractivity contribution in [3.63, 3.8) is 0 Å². The van der Waals surface area contributed by atoms with Crippen molar-refractivity contribution in [2.75, 3.05) is 6.54 Å². The van der Waals surface area contributed by atoms with E-state index >= 15 is 0 Å². The third kappa shape index (κ3) is 7.53. The first-order chi connectivity index (χ1) is 12.2. The number of nitrogens with two attached hydrogens (primary N) is 1. The molecule has 0 bridgehead atoms. The Morgan fingerprint density at radius 1 is 1.11 bits per heavy atom. The average Bonchev–Trinajstić information content (AvgIpc) is 2.50. The quantitative estimate of drug-likeness (QED) is 0.634. The fourth-order valence-electron chi connectivity index (χ4n) is 2.55. The number of aliphatic carboxylic acids is 1. The number of carboxylic acid groups (broad SMARTS) is 1. The van der Waals surface area contributed by atoms with Crippen molar-refractivity contribution in [1.82, 2.24) is 0 Å². The van der Waals surface area contributed by atoms with Gasteiger partial charge in [0.2, 0.25) is 0 Å². The van der Waals surface area contributed by atoms with E-state index in [1.807, 2.05) is 0 Å². The molecule has 3 unspecified atom stereocenters. The number of halogens is 6. The van der Waals surface area contributed by atoms with Gasteiger partial charge in [-0.2, -0.15) is 0 Å². The number of carbonyl (C=O) groups is 1. The van der Waals surface area contributed by atoms with E-state index in [0.717, 1.165) is 12.1 Å². The predicted octanol–water partition coefficient (Wildman–Crippen LogP) is 4.27. The Hall–Kier alpha value is -2.17. The number of rotatable bonds is 8. The fraction of sp³-hybridized carbons (Fsp3) is 0.562. The molecule has 0 fully saturated rings. The lowest BCUT2D eigenvalue weighted by atomic mass is 9.82. The van der Waals surface area contributed by atoms with Gasteiger partial charge in [-0.05, 0) is 36.5 Å². The summed E-state index contributed by atoms with van der Waals surface area (Å²) < 4.78 is 82.6. The number of hydrogen-bond acceptors (Lipinski definition) is 4. The Morgan fingerprint density at radius 3 is 2.11 bits per heavy atom. The minimum atomic E-state index is -5.05. The van der Waals surface area contributed by atoms with Crippen molar-refractivity contribution in [3.05, 3.63) is 23.8 Å². The number of benzene rings is 1. The molecule has 0 saturated heterocycles. The third-order valence-corrected chi connectivity index (χ3v) is 4.07. The molecule has 1 aromatic rings. The molecule has 1 rings (SSSR count). The van der Waals surface area contributed by atoms with Crippen LogP contribution in [0.3, 0.4) is 0 Å². The Kier molecular flexibility index (Phi) is 7.35. The van der Waals surface area contributed by atoms with Crippen molar-refractivity contribution in [1.29, 1.82) is 0 Å². The van der Waals surface area contributed by atoms with Gasteiger partial charge in [0.25, 0.3) is 0 Å². The second kappa shape index (κ2) is 8.68. The highest BCUT2D eigenvalue weighted by atomic mass is 19.4. The summed E-state index contributed by atoms with van der Waals surface area (Å²) in [4.78, 5) is 11.1. The summed E-state index contributed by atoms with van der Waals surface area (Å²) in [7, 11) is 0. The predicted molar refractivity (Wildman–Crippen MR) is 82.2 cm³/mol. The molecule has 0 aliphatic rings. The molecule has 154 valence electrons. The van der Waals surface area contributed by atoms with Crippen LogP contribution in [0.1, 0.15) is 31.7 Å². The van der Waals surface area contributed by atoms with E-state index in [1.165, 1.54) is 6.92 Å². The molecular weight excluding hydrogens is 384 g/mol. The van der Waals surface area contributed by atoms with Gasteiger partial charge in [-0.3, -0.25) is 4.79 Å². The lowest BCUT2D eigenvalue weighted by Gasteiger charge is -2.25. The standard InChI is InChI=1S/C16H19F6NO4/c1-8(5-10(7-23)14(24)25)9(2)12-6-11(26-15(17,18)19)3-4-13(12)27-16(20,21)22/h3-4,6,8-10H,5,7,23H2,1-2H3,(H,24,25). The topological polar surface area (TPSA) is 81.8 Å². The average molecular weight is 403 g/mol. The SMILES string of the molecule is CC(CC(CN)C(=O)O)C(C)c1cc(OC(F)(F)F)ccc1OC(F)(F)F. The van der Waals surface area contributed by atoms with Crippen LogP contribution in [-0.2, 0) is 4.79 Å². The molecule has 0 aliphatic heterocycles.